The third-order valence-corrected chi connectivity index (χ3v) is 5.50. The van der Waals surface area contributed by atoms with Crippen LogP contribution in [0.1, 0.15) is 24.8 Å². The fraction of sp³-hybridized carbons (Fsp3) is 0.500. The Hall–Kier alpha value is -1.61. The van der Waals surface area contributed by atoms with E-state index < -0.39 is 27.8 Å². The van der Waals surface area contributed by atoms with Crippen molar-refractivity contribution >= 4 is 15.9 Å². The van der Waals surface area contributed by atoms with Gasteiger partial charge in [0.25, 0.3) is 0 Å². The zero-order chi connectivity index (χ0) is 16.8. The van der Waals surface area contributed by atoms with Crippen LogP contribution < -0.4 is 4.72 Å². The van der Waals surface area contributed by atoms with Crippen LogP contribution in [0.3, 0.4) is 0 Å². The maximum absolute atomic E-state index is 12.5. The molecule has 1 heterocycles. The smallest absolute Gasteiger partial charge is 0.338 e. The van der Waals surface area contributed by atoms with E-state index in [2.05, 4.69) is 4.72 Å². The molecule has 1 aromatic rings. The second kappa shape index (κ2) is 5.48. The van der Waals surface area contributed by atoms with Crippen molar-refractivity contribution in [2.24, 2.45) is 0 Å². The van der Waals surface area contributed by atoms with E-state index in [-0.39, 0.29) is 23.3 Å². The number of halogens is 3. The Morgan fingerprint density at radius 2 is 1.74 bits per heavy atom. The van der Waals surface area contributed by atoms with Gasteiger partial charge in [-0.3, -0.25) is 4.79 Å². The van der Waals surface area contributed by atoms with Gasteiger partial charge < -0.3 is 4.90 Å². The van der Waals surface area contributed by atoms with E-state index in [4.69, 9.17) is 0 Å². The lowest BCUT2D eigenvalue weighted by Gasteiger charge is -2.16. The Morgan fingerprint density at radius 1 is 1.13 bits per heavy atom. The van der Waals surface area contributed by atoms with Gasteiger partial charge in [-0.1, -0.05) is 0 Å². The van der Waals surface area contributed by atoms with E-state index in [1.807, 2.05) is 0 Å². The molecule has 1 aromatic carbocycles. The van der Waals surface area contributed by atoms with Crippen molar-refractivity contribution < 1.29 is 26.4 Å². The molecule has 1 aliphatic heterocycles. The molecular formula is C14H15F3N2O3S. The van der Waals surface area contributed by atoms with Gasteiger partial charge in [0, 0.05) is 25.0 Å². The van der Waals surface area contributed by atoms with Crippen molar-refractivity contribution in [1.29, 1.82) is 0 Å². The number of rotatable bonds is 4. The van der Waals surface area contributed by atoms with Crippen LogP contribution in [0.5, 0.6) is 0 Å². The van der Waals surface area contributed by atoms with Crippen LogP contribution in [0, 0.1) is 0 Å². The second-order valence-corrected chi connectivity index (χ2v) is 7.54. The minimum absolute atomic E-state index is 0.0797. The molecular weight excluding hydrogens is 333 g/mol. The minimum Gasteiger partial charge on any atom is -0.338 e. The maximum Gasteiger partial charge on any atom is 0.416 e. The molecule has 1 amide bonds. The van der Waals surface area contributed by atoms with Crippen LogP contribution in [0.4, 0.5) is 13.2 Å². The number of alkyl halides is 3. The van der Waals surface area contributed by atoms with E-state index in [0.29, 0.717) is 6.54 Å². The first-order chi connectivity index (χ1) is 10.7. The molecule has 0 spiro atoms. The molecule has 23 heavy (non-hydrogen) atoms. The average molecular weight is 348 g/mol. The molecule has 1 saturated carbocycles. The van der Waals surface area contributed by atoms with E-state index >= 15 is 0 Å². The molecule has 9 heteroatoms. The molecule has 0 radical (unpaired) electrons. The summed E-state index contributed by atoms with van der Waals surface area (Å²) in [5.74, 6) is -0.0902. The van der Waals surface area contributed by atoms with Crippen molar-refractivity contribution in [2.45, 2.75) is 42.4 Å². The van der Waals surface area contributed by atoms with Crippen LogP contribution in [-0.2, 0) is 21.0 Å². The molecule has 0 aromatic heterocycles. The van der Waals surface area contributed by atoms with Crippen molar-refractivity contribution in [3.8, 4) is 0 Å². The number of carbonyl (C=O) groups excluding carboxylic acids is 1. The van der Waals surface area contributed by atoms with Gasteiger partial charge in [0.1, 0.15) is 0 Å². The summed E-state index contributed by atoms with van der Waals surface area (Å²) in [5, 5.41) is 0. The van der Waals surface area contributed by atoms with Gasteiger partial charge in [0.2, 0.25) is 15.9 Å². The molecule has 2 fully saturated rings. The number of hydrogen-bond acceptors (Lipinski definition) is 3. The number of nitrogens with zero attached hydrogens (tertiary/aromatic N) is 1. The second-order valence-electron chi connectivity index (χ2n) is 5.82. The van der Waals surface area contributed by atoms with E-state index in [1.165, 1.54) is 0 Å². The largest absolute Gasteiger partial charge is 0.416 e. The van der Waals surface area contributed by atoms with Crippen LogP contribution in [0.2, 0.25) is 0 Å². The fourth-order valence-electron chi connectivity index (χ4n) is 2.66. The topological polar surface area (TPSA) is 66.5 Å². The molecule has 1 N–H and O–H groups in total. The molecule has 1 aliphatic carbocycles. The van der Waals surface area contributed by atoms with Gasteiger partial charge in [-0.05, 0) is 37.1 Å². The minimum atomic E-state index is -4.52. The number of nitrogens with one attached hydrogen (secondary N) is 1. The van der Waals surface area contributed by atoms with Gasteiger partial charge in [-0.25, -0.2) is 13.1 Å². The van der Waals surface area contributed by atoms with Gasteiger partial charge in [0.15, 0.2) is 0 Å². The monoisotopic (exact) mass is 348 g/mol. The molecule has 2 aliphatic rings. The van der Waals surface area contributed by atoms with Crippen LogP contribution in [0.15, 0.2) is 29.2 Å². The highest BCUT2D eigenvalue weighted by Gasteiger charge is 2.40. The number of carbonyl (C=O) groups is 1. The molecule has 5 nitrogen and oxygen atoms in total. The Bertz CT molecular complexity index is 712. The lowest BCUT2D eigenvalue weighted by atomic mass is 10.2. The SMILES string of the molecule is O=C1C[C@@H](NS(=O)(=O)c2ccc(C(F)(F)F)cc2)CN1C1CC1. The predicted octanol–water partition coefficient (Wildman–Crippen LogP) is 1.75. The summed E-state index contributed by atoms with van der Waals surface area (Å²) in [6, 6.07) is 2.95. The molecule has 0 unspecified atom stereocenters. The summed E-state index contributed by atoms with van der Waals surface area (Å²) >= 11 is 0. The normalized spacial score (nSPS) is 22.7. The summed E-state index contributed by atoms with van der Waals surface area (Å²) in [6.45, 7) is 0.309. The number of hydrogen-bond donors (Lipinski definition) is 1. The van der Waals surface area contributed by atoms with Crippen LogP contribution in [0.25, 0.3) is 0 Å². The summed E-state index contributed by atoms with van der Waals surface area (Å²) in [5.41, 5.74) is -0.910. The Kier molecular flexibility index (Phi) is 3.88. The van der Waals surface area contributed by atoms with Gasteiger partial charge in [0.05, 0.1) is 10.5 Å². The first-order valence-electron chi connectivity index (χ1n) is 7.16. The number of sulfonamides is 1. The summed E-state index contributed by atoms with van der Waals surface area (Å²) in [7, 11) is -3.95. The van der Waals surface area contributed by atoms with Crippen molar-refractivity contribution in [2.75, 3.05) is 6.54 Å². The standard InChI is InChI=1S/C14H15F3N2O3S/c15-14(16,17)9-1-5-12(6-2-9)23(21,22)18-10-7-13(20)19(8-10)11-3-4-11/h1-2,5-6,10-11,18H,3-4,7-8H2/t10-/m1/s1. The number of likely N-dealkylation sites (tertiary alicyclic amines) is 1. The van der Waals surface area contributed by atoms with Gasteiger partial charge in [-0.2, -0.15) is 13.2 Å². The van der Waals surface area contributed by atoms with Crippen molar-refractivity contribution in [3.63, 3.8) is 0 Å². The van der Waals surface area contributed by atoms with Gasteiger partial charge in [-0.15, -0.1) is 0 Å². The molecule has 1 atom stereocenters. The summed E-state index contributed by atoms with van der Waals surface area (Å²) in [6.07, 6.45) is -2.57. The Balaban J connectivity index is 1.71. The molecule has 3 rings (SSSR count). The van der Waals surface area contributed by atoms with E-state index in [0.717, 1.165) is 37.1 Å². The highest BCUT2D eigenvalue weighted by Crippen LogP contribution is 2.32. The maximum atomic E-state index is 12.5. The third-order valence-electron chi connectivity index (χ3n) is 3.96. The lowest BCUT2D eigenvalue weighted by Crippen LogP contribution is -2.37. The summed E-state index contributed by atoms with van der Waals surface area (Å²) < 4.78 is 64.4. The average Bonchev–Trinajstić information content (AvgIpc) is 3.22. The molecule has 1 saturated heterocycles. The van der Waals surface area contributed by atoms with Crippen LogP contribution in [-0.4, -0.2) is 37.9 Å². The molecule has 0 bridgehead atoms. The van der Waals surface area contributed by atoms with Crippen LogP contribution >= 0.6 is 0 Å². The first-order valence-corrected chi connectivity index (χ1v) is 8.64. The Labute approximate surface area is 131 Å². The highest BCUT2D eigenvalue weighted by atomic mass is 32.2. The van der Waals surface area contributed by atoms with Crippen molar-refractivity contribution in [1.82, 2.24) is 9.62 Å². The highest BCUT2D eigenvalue weighted by molar-refractivity contribution is 7.89. The number of benzene rings is 1. The molecule has 126 valence electrons. The van der Waals surface area contributed by atoms with Crippen molar-refractivity contribution in [3.05, 3.63) is 29.8 Å². The first kappa shape index (κ1) is 16.3. The van der Waals surface area contributed by atoms with E-state index in [9.17, 15) is 26.4 Å². The third kappa shape index (κ3) is 3.50. The quantitative estimate of drug-likeness (QED) is 0.901. The van der Waals surface area contributed by atoms with E-state index in [1.54, 1.807) is 4.90 Å². The number of amides is 1. The Morgan fingerprint density at radius 3 is 2.26 bits per heavy atom. The predicted molar refractivity (Wildman–Crippen MR) is 74.9 cm³/mol. The zero-order valence-corrected chi connectivity index (χ0v) is 12.8. The lowest BCUT2D eigenvalue weighted by molar-refractivity contribution is -0.137. The fourth-order valence-corrected chi connectivity index (χ4v) is 3.89. The summed E-state index contributed by atoms with van der Waals surface area (Å²) in [4.78, 5) is 13.2. The van der Waals surface area contributed by atoms with Gasteiger partial charge >= 0.3 is 6.18 Å². The zero-order valence-electron chi connectivity index (χ0n) is 12.0.